The average Bonchev–Trinajstić information content (AvgIpc) is 2.96. The molecule has 0 heterocycles. The summed E-state index contributed by atoms with van der Waals surface area (Å²) in [7, 11) is 0. The van der Waals surface area contributed by atoms with Crippen molar-refractivity contribution < 1.29 is 19.9 Å². The Morgan fingerprint density at radius 3 is 2.62 bits per heavy atom. The number of aliphatic carboxylic acids is 1. The quantitative estimate of drug-likeness (QED) is 0.597. The van der Waals surface area contributed by atoms with Gasteiger partial charge in [-0.1, -0.05) is 6.07 Å². The number of carbonyl (C=O) groups is 1. The summed E-state index contributed by atoms with van der Waals surface area (Å²) < 4.78 is 0. The van der Waals surface area contributed by atoms with E-state index >= 15 is 0 Å². The van der Waals surface area contributed by atoms with Crippen molar-refractivity contribution in [3.63, 3.8) is 0 Å². The van der Waals surface area contributed by atoms with Crippen LogP contribution in [0.4, 0.5) is 5.69 Å². The number of phenolic OH excluding ortho intramolecular Hbond substituents is 1. The van der Waals surface area contributed by atoms with E-state index in [1.165, 1.54) is 18.2 Å². The van der Waals surface area contributed by atoms with Crippen LogP contribution in [-0.4, -0.2) is 21.1 Å². The molecule has 0 bridgehead atoms. The van der Waals surface area contributed by atoms with Crippen LogP contribution in [0.2, 0.25) is 0 Å². The van der Waals surface area contributed by atoms with Crippen molar-refractivity contribution in [2.75, 3.05) is 0 Å². The topological polar surface area (TPSA) is 101 Å². The molecule has 1 saturated carbocycles. The average molecular weight is 223 g/mol. The lowest BCUT2D eigenvalue weighted by Gasteiger charge is -2.00. The number of hydrogen-bond acceptors (Lipinski definition) is 4. The number of nitrogens with zero attached hydrogens (tertiary/aromatic N) is 1. The van der Waals surface area contributed by atoms with E-state index in [9.17, 15) is 20.0 Å². The summed E-state index contributed by atoms with van der Waals surface area (Å²) in [6, 6.07) is 3.96. The lowest BCUT2D eigenvalue weighted by atomic mass is 10.1. The van der Waals surface area contributed by atoms with Crippen LogP contribution in [0.3, 0.4) is 0 Å². The lowest BCUT2D eigenvalue weighted by Crippen LogP contribution is -1.99. The molecule has 1 aliphatic carbocycles. The Morgan fingerprint density at radius 1 is 1.50 bits per heavy atom. The number of carboxylic acid groups (broad SMARTS) is 1. The van der Waals surface area contributed by atoms with Gasteiger partial charge in [-0.2, -0.15) is 0 Å². The number of nitro groups is 1. The maximum Gasteiger partial charge on any atom is 0.310 e. The van der Waals surface area contributed by atoms with Crippen LogP contribution in [0.5, 0.6) is 5.75 Å². The molecule has 16 heavy (non-hydrogen) atoms. The van der Waals surface area contributed by atoms with Gasteiger partial charge in [0.1, 0.15) is 0 Å². The standard InChI is InChI=1S/C10H9NO5/c12-9-3-5(1-2-8(9)11(15)16)6-4-7(6)10(13)14/h1-3,6-7,12H,4H2,(H,13,14). The Bertz CT molecular complexity index is 470. The van der Waals surface area contributed by atoms with Crippen molar-refractivity contribution >= 4 is 11.7 Å². The first-order valence-electron chi connectivity index (χ1n) is 4.71. The molecular formula is C10H9NO5. The second-order valence-electron chi connectivity index (χ2n) is 3.79. The van der Waals surface area contributed by atoms with Crippen LogP contribution in [0, 0.1) is 16.0 Å². The van der Waals surface area contributed by atoms with Gasteiger partial charge in [-0.25, -0.2) is 0 Å². The van der Waals surface area contributed by atoms with Crippen molar-refractivity contribution in [3.8, 4) is 5.75 Å². The van der Waals surface area contributed by atoms with E-state index in [0.717, 1.165) is 0 Å². The minimum Gasteiger partial charge on any atom is -0.502 e. The van der Waals surface area contributed by atoms with E-state index in [-0.39, 0.29) is 11.6 Å². The summed E-state index contributed by atoms with van der Waals surface area (Å²) in [6.07, 6.45) is 0.520. The third kappa shape index (κ3) is 1.69. The Labute approximate surface area is 90.3 Å². The number of carboxylic acids is 1. The number of hydrogen-bond donors (Lipinski definition) is 2. The smallest absolute Gasteiger partial charge is 0.310 e. The molecule has 1 fully saturated rings. The molecule has 1 aromatic rings. The molecule has 2 N–H and O–H groups in total. The van der Waals surface area contributed by atoms with Gasteiger partial charge in [0.2, 0.25) is 0 Å². The first-order chi connectivity index (χ1) is 7.50. The zero-order valence-electron chi connectivity index (χ0n) is 8.16. The van der Waals surface area contributed by atoms with Crippen LogP contribution in [0.15, 0.2) is 18.2 Å². The fraction of sp³-hybridized carbons (Fsp3) is 0.300. The summed E-state index contributed by atoms with van der Waals surface area (Å²) in [6.45, 7) is 0. The van der Waals surface area contributed by atoms with Crippen LogP contribution >= 0.6 is 0 Å². The Balaban J connectivity index is 2.23. The zero-order chi connectivity index (χ0) is 11.9. The molecule has 2 atom stereocenters. The Hall–Kier alpha value is -2.11. The van der Waals surface area contributed by atoms with Crippen LogP contribution in [0.25, 0.3) is 0 Å². The van der Waals surface area contributed by atoms with Gasteiger partial charge in [-0.05, 0) is 24.0 Å². The molecule has 0 aliphatic heterocycles. The summed E-state index contributed by atoms with van der Waals surface area (Å²) >= 11 is 0. The summed E-state index contributed by atoms with van der Waals surface area (Å²) in [5.41, 5.74) is 0.270. The molecule has 0 amide bonds. The highest BCUT2D eigenvalue weighted by Gasteiger charge is 2.44. The Kier molecular flexibility index (Phi) is 2.26. The van der Waals surface area contributed by atoms with Crippen LogP contribution in [-0.2, 0) is 4.79 Å². The van der Waals surface area contributed by atoms with Crippen molar-refractivity contribution in [2.24, 2.45) is 5.92 Å². The van der Waals surface area contributed by atoms with E-state index in [0.29, 0.717) is 12.0 Å². The molecule has 0 saturated heterocycles. The highest BCUT2D eigenvalue weighted by molar-refractivity contribution is 5.75. The molecule has 0 aromatic heterocycles. The molecular weight excluding hydrogens is 214 g/mol. The monoisotopic (exact) mass is 223 g/mol. The van der Waals surface area contributed by atoms with Gasteiger partial charge in [0.15, 0.2) is 5.75 Å². The number of phenols is 1. The molecule has 1 aliphatic rings. The highest BCUT2D eigenvalue weighted by atomic mass is 16.6. The molecule has 6 nitrogen and oxygen atoms in total. The van der Waals surface area contributed by atoms with Crippen molar-refractivity contribution in [1.29, 1.82) is 0 Å². The highest BCUT2D eigenvalue weighted by Crippen LogP contribution is 2.48. The minimum atomic E-state index is -0.872. The number of benzene rings is 1. The lowest BCUT2D eigenvalue weighted by molar-refractivity contribution is -0.385. The van der Waals surface area contributed by atoms with Crippen molar-refractivity contribution in [2.45, 2.75) is 12.3 Å². The second-order valence-corrected chi connectivity index (χ2v) is 3.79. The van der Waals surface area contributed by atoms with Gasteiger partial charge in [0.05, 0.1) is 10.8 Å². The van der Waals surface area contributed by atoms with Gasteiger partial charge in [0.25, 0.3) is 0 Å². The van der Waals surface area contributed by atoms with Crippen LogP contribution in [0.1, 0.15) is 17.9 Å². The molecule has 6 heteroatoms. The van der Waals surface area contributed by atoms with Gasteiger partial charge in [0, 0.05) is 6.07 Å². The number of aromatic hydroxyl groups is 1. The Morgan fingerprint density at radius 2 is 2.19 bits per heavy atom. The molecule has 0 spiro atoms. The first kappa shape index (κ1) is 10.4. The van der Waals surface area contributed by atoms with Crippen LogP contribution < -0.4 is 0 Å². The summed E-state index contributed by atoms with van der Waals surface area (Å²) in [4.78, 5) is 20.4. The minimum absolute atomic E-state index is 0.135. The second kappa shape index (κ2) is 3.48. The van der Waals surface area contributed by atoms with E-state index in [2.05, 4.69) is 0 Å². The molecule has 2 unspecified atom stereocenters. The molecule has 1 aromatic carbocycles. The van der Waals surface area contributed by atoms with Gasteiger partial charge < -0.3 is 10.2 Å². The van der Waals surface area contributed by atoms with E-state index in [1.54, 1.807) is 0 Å². The fourth-order valence-corrected chi connectivity index (χ4v) is 1.76. The third-order valence-electron chi connectivity index (χ3n) is 2.73. The van der Waals surface area contributed by atoms with Crippen molar-refractivity contribution in [1.82, 2.24) is 0 Å². The normalized spacial score (nSPS) is 22.8. The van der Waals surface area contributed by atoms with E-state index in [4.69, 9.17) is 5.11 Å². The van der Waals surface area contributed by atoms with Crippen molar-refractivity contribution in [3.05, 3.63) is 33.9 Å². The SMILES string of the molecule is O=C(O)C1CC1c1ccc([N+](=O)[O-])c(O)c1. The number of rotatable bonds is 3. The fourth-order valence-electron chi connectivity index (χ4n) is 1.76. The molecule has 84 valence electrons. The van der Waals surface area contributed by atoms with E-state index in [1.807, 2.05) is 0 Å². The molecule has 0 radical (unpaired) electrons. The largest absolute Gasteiger partial charge is 0.502 e. The predicted molar refractivity (Wildman–Crippen MR) is 53.2 cm³/mol. The first-order valence-corrected chi connectivity index (χ1v) is 4.71. The summed E-state index contributed by atoms with van der Waals surface area (Å²) in [5.74, 6) is -1.86. The maximum atomic E-state index is 10.6. The maximum absolute atomic E-state index is 10.6. The van der Waals surface area contributed by atoms with Gasteiger partial charge >= 0.3 is 11.7 Å². The van der Waals surface area contributed by atoms with E-state index < -0.39 is 22.6 Å². The number of nitro benzene ring substituents is 1. The third-order valence-corrected chi connectivity index (χ3v) is 2.73. The molecule has 2 rings (SSSR count). The van der Waals surface area contributed by atoms with Gasteiger partial charge in [-0.15, -0.1) is 0 Å². The zero-order valence-corrected chi connectivity index (χ0v) is 8.16. The van der Waals surface area contributed by atoms with Gasteiger partial charge in [-0.3, -0.25) is 14.9 Å². The predicted octanol–water partition coefficient (Wildman–Crippen LogP) is 1.49. The summed E-state index contributed by atoms with van der Waals surface area (Å²) in [5, 5.41) is 28.5.